The van der Waals surface area contributed by atoms with Crippen molar-refractivity contribution in [1.29, 1.82) is 0 Å². The van der Waals surface area contributed by atoms with Crippen LogP contribution in [0.4, 0.5) is 0 Å². The topological polar surface area (TPSA) is 111 Å². The van der Waals surface area contributed by atoms with Crippen molar-refractivity contribution in [2.75, 3.05) is 20.3 Å². The SMILES string of the molecule is COC(=O)C(Cc1ccccc1)NC(=O)c1cc2cccc(OCCCCN)c2cc1O. The van der Waals surface area contributed by atoms with Crippen LogP contribution in [0.2, 0.25) is 0 Å². The number of ether oxygens (including phenoxy) is 2. The normalized spacial score (nSPS) is 11.7. The molecule has 0 bridgehead atoms. The molecule has 1 amide bonds. The lowest BCUT2D eigenvalue weighted by Crippen LogP contribution is -2.43. The monoisotopic (exact) mass is 436 g/mol. The van der Waals surface area contributed by atoms with Gasteiger partial charge in [0.2, 0.25) is 0 Å². The van der Waals surface area contributed by atoms with E-state index in [0.29, 0.717) is 24.3 Å². The summed E-state index contributed by atoms with van der Waals surface area (Å²) in [5.74, 6) is -0.699. The van der Waals surface area contributed by atoms with E-state index in [4.69, 9.17) is 15.2 Å². The molecule has 1 atom stereocenters. The Hall–Kier alpha value is -3.58. The van der Waals surface area contributed by atoms with Crippen LogP contribution in [0.25, 0.3) is 10.8 Å². The maximum atomic E-state index is 12.9. The molecule has 3 aromatic carbocycles. The number of unbranched alkanes of at least 4 members (excludes halogenated alkanes) is 1. The second-order valence-electron chi connectivity index (χ2n) is 7.43. The fourth-order valence-corrected chi connectivity index (χ4v) is 3.44. The number of rotatable bonds is 10. The third-order valence-electron chi connectivity index (χ3n) is 5.13. The zero-order chi connectivity index (χ0) is 22.9. The van der Waals surface area contributed by atoms with Crippen molar-refractivity contribution in [2.45, 2.75) is 25.3 Å². The average molecular weight is 437 g/mol. The molecule has 0 fully saturated rings. The summed E-state index contributed by atoms with van der Waals surface area (Å²) in [5, 5.41) is 14.7. The minimum atomic E-state index is -0.887. The first-order valence-corrected chi connectivity index (χ1v) is 10.5. The first-order valence-electron chi connectivity index (χ1n) is 10.5. The Morgan fingerprint density at radius 3 is 2.56 bits per heavy atom. The van der Waals surface area contributed by atoms with Gasteiger partial charge in [-0.05, 0) is 48.5 Å². The number of esters is 1. The summed E-state index contributed by atoms with van der Waals surface area (Å²) in [4.78, 5) is 25.2. The number of benzene rings is 3. The number of fused-ring (bicyclic) bond motifs is 1. The van der Waals surface area contributed by atoms with Gasteiger partial charge in [0.25, 0.3) is 5.91 Å². The molecule has 0 spiro atoms. The Balaban J connectivity index is 1.81. The van der Waals surface area contributed by atoms with Crippen LogP contribution in [0.1, 0.15) is 28.8 Å². The van der Waals surface area contributed by atoms with Gasteiger partial charge in [-0.3, -0.25) is 4.79 Å². The number of aromatic hydroxyl groups is 1. The predicted octanol–water partition coefficient (Wildman–Crippen LogP) is 3.18. The highest BCUT2D eigenvalue weighted by Gasteiger charge is 2.24. The molecule has 168 valence electrons. The average Bonchev–Trinajstić information content (AvgIpc) is 2.81. The molecule has 0 aliphatic rings. The van der Waals surface area contributed by atoms with Gasteiger partial charge in [-0.2, -0.15) is 0 Å². The summed E-state index contributed by atoms with van der Waals surface area (Å²) in [6, 6.07) is 17.0. The molecule has 7 nitrogen and oxygen atoms in total. The number of carbonyl (C=O) groups excluding carboxylic acids is 2. The number of hydrogen-bond acceptors (Lipinski definition) is 6. The van der Waals surface area contributed by atoms with E-state index in [1.165, 1.54) is 13.2 Å². The molecular weight excluding hydrogens is 408 g/mol. The third-order valence-corrected chi connectivity index (χ3v) is 5.13. The molecule has 0 radical (unpaired) electrons. The van der Waals surface area contributed by atoms with E-state index in [9.17, 15) is 14.7 Å². The largest absolute Gasteiger partial charge is 0.507 e. The molecule has 0 aliphatic heterocycles. The Bertz CT molecular complexity index is 1070. The molecule has 3 aromatic rings. The van der Waals surface area contributed by atoms with Crippen LogP contribution in [0.3, 0.4) is 0 Å². The first-order chi connectivity index (χ1) is 15.5. The van der Waals surface area contributed by atoms with Gasteiger partial charge < -0.3 is 25.6 Å². The molecule has 0 heterocycles. The van der Waals surface area contributed by atoms with Crippen LogP contribution in [-0.2, 0) is 16.0 Å². The number of methoxy groups -OCH3 is 1. The third kappa shape index (κ3) is 5.76. The van der Waals surface area contributed by atoms with Crippen LogP contribution < -0.4 is 15.8 Å². The second kappa shape index (κ2) is 11.2. The Labute approximate surface area is 187 Å². The van der Waals surface area contributed by atoms with E-state index in [1.807, 2.05) is 48.5 Å². The van der Waals surface area contributed by atoms with Crippen molar-refractivity contribution in [3.05, 3.63) is 71.8 Å². The van der Waals surface area contributed by atoms with Crippen LogP contribution in [0, 0.1) is 0 Å². The van der Waals surface area contributed by atoms with E-state index >= 15 is 0 Å². The number of phenolic OH excluding ortho intramolecular Hbond substituents is 1. The van der Waals surface area contributed by atoms with Crippen molar-refractivity contribution < 1.29 is 24.2 Å². The minimum Gasteiger partial charge on any atom is -0.507 e. The maximum Gasteiger partial charge on any atom is 0.328 e. The maximum absolute atomic E-state index is 12.9. The molecule has 0 saturated carbocycles. The fraction of sp³-hybridized carbons (Fsp3) is 0.280. The zero-order valence-corrected chi connectivity index (χ0v) is 18.0. The summed E-state index contributed by atoms with van der Waals surface area (Å²) in [5.41, 5.74) is 6.46. The highest BCUT2D eigenvalue weighted by atomic mass is 16.5. The fourth-order valence-electron chi connectivity index (χ4n) is 3.44. The van der Waals surface area contributed by atoms with E-state index in [1.54, 1.807) is 6.07 Å². The van der Waals surface area contributed by atoms with Crippen molar-refractivity contribution in [1.82, 2.24) is 5.32 Å². The Morgan fingerprint density at radius 2 is 1.84 bits per heavy atom. The lowest BCUT2D eigenvalue weighted by molar-refractivity contribution is -0.142. The van der Waals surface area contributed by atoms with Crippen LogP contribution in [0.5, 0.6) is 11.5 Å². The molecular formula is C25H28N2O5. The van der Waals surface area contributed by atoms with E-state index < -0.39 is 17.9 Å². The number of hydrogen-bond donors (Lipinski definition) is 3. The summed E-state index contributed by atoms with van der Waals surface area (Å²) < 4.78 is 10.7. The molecule has 7 heteroatoms. The number of nitrogens with one attached hydrogen (secondary N) is 1. The summed E-state index contributed by atoms with van der Waals surface area (Å²) in [7, 11) is 1.27. The van der Waals surface area contributed by atoms with Crippen LogP contribution in [0.15, 0.2) is 60.7 Å². The summed E-state index contributed by atoms with van der Waals surface area (Å²) >= 11 is 0. The second-order valence-corrected chi connectivity index (χ2v) is 7.43. The van der Waals surface area contributed by atoms with Gasteiger partial charge in [-0.25, -0.2) is 4.79 Å². The van der Waals surface area contributed by atoms with Gasteiger partial charge in [0.15, 0.2) is 0 Å². The number of carbonyl (C=O) groups is 2. The highest BCUT2D eigenvalue weighted by Crippen LogP contribution is 2.32. The molecule has 3 rings (SSSR count). The minimum absolute atomic E-state index is 0.0692. The molecule has 0 aliphatic carbocycles. The zero-order valence-electron chi connectivity index (χ0n) is 18.0. The standard InChI is InChI=1S/C25H28N2O5/c1-31-25(30)21(14-17-8-3-2-4-9-17)27-24(29)20-15-18-10-7-11-23(19(18)16-22(20)28)32-13-6-5-12-26/h2-4,7-11,15-16,21,28H,5-6,12-14,26H2,1H3,(H,27,29). The van der Waals surface area contributed by atoms with Gasteiger partial charge in [-0.15, -0.1) is 0 Å². The molecule has 0 aromatic heterocycles. The van der Waals surface area contributed by atoms with Crippen LogP contribution >= 0.6 is 0 Å². The van der Waals surface area contributed by atoms with Crippen molar-refractivity contribution in [3.63, 3.8) is 0 Å². The highest BCUT2D eigenvalue weighted by molar-refractivity contribution is 6.03. The van der Waals surface area contributed by atoms with E-state index in [2.05, 4.69) is 5.32 Å². The Kier molecular flexibility index (Phi) is 8.05. The van der Waals surface area contributed by atoms with Crippen molar-refractivity contribution in [2.24, 2.45) is 5.73 Å². The smallest absolute Gasteiger partial charge is 0.328 e. The lowest BCUT2D eigenvalue weighted by Gasteiger charge is -2.17. The number of amides is 1. The van der Waals surface area contributed by atoms with Crippen molar-refractivity contribution in [3.8, 4) is 11.5 Å². The molecule has 1 unspecified atom stereocenters. The Morgan fingerprint density at radius 1 is 1.06 bits per heavy atom. The van der Waals surface area contributed by atoms with E-state index in [-0.39, 0.29) is 17.7 Å². The van der Waals surface area contributed by atoms with Crippen LogP contribution in [-0.4, -0.2) is 43.3 Å². The van der Waals surface area contributed by atoms with E-state index in [0.717, 1.165) is 23.8 Å². The van der Waals surface area contributed by atoms with Gasteiger partial charge in [0.1, 0.15) is 17.5 Å². The van der Waals surface area contributed by atoms with Gasteiger partial charge in [0, 0.05) is 11.8 Å². The quantitative estimate of drug-likeness (QED) is 0.333. The summed E-state index contributed by atoms with van der Waals surface area (Å²) in [6.07, 6.45) is 1.97. The molecule has 4 N–H and O–H groups in total. The lowest BCUT2D eigenvalue weighted by atomic mass is 10.0. The summed E-state index contributed by atoms with van der Waals surface area (Å²) in [6.45, 7) is 1.12. The van der Waals surface area contributed by atoms with Gasteiger partial charge in [-0.1, -0.05) is 42.5 Å². The van der Waals surface area contributed by atoms with Gasteiger partial charge in [0.05, 0.1) is 19.3 Å². The number of phenols is 1. The van der Waals surface area contributed by atoms with Crippen molar-refractivity contribution >= 4 is 22.6 Å². The first kappa shape index (κ1) is 23.1. The predicted molar refractivity (Wildman–Crippen MR) is 123 cm³/mol. The number of nitrogens with two attached hydrogens (primary N) is 1. The molecule has 0 saturated heterocycles. The molecule has 32 heavy (non-hydrogen) atoms. The van der Waals surface area contributed by atoms with Gasteiger partial charge >= 0.3 is 5.97 Å².